The molecule has 0 aromatic heterocycles. The molecule has 0 saturated heterocycles. The van der Waals surface area contributed by atoms with Crippen molar-refractivity contribution < 1.29 is 0 Å². The average Bonchev–Trinajstić information content (AvgIpc) is 3.38. The molecule has 0 aromatic rings. The van der Waals surface area contributed by atoms with Gasteiger partial charge in [-0.25, -0.2) is 0 Å². The number of azo groups is 1. The molecule has 0 heterocycles. The van der Waals surface area contributed by atoms with E-state index in [1.54, 1.807) is 0 Å². The lowest BCUT2D eigenvalue weighted by Crippen LogP contribution is -2.21. The fourth-order valence-corrected chi connectivity index (χ4v) is 4.74. The minimum Gasteiger partial charge on any atom is -0.189 e. The van der Waals surface area contributed by atoms with Crippen LogP contribution in [-0.2, 0) is 0 Å². The van der Waals surface area contributed by atoms with Crippen molar-refractivity contribution in [1.29, 1.82) is 0 Å². The minimum absolute atomic E-state index is 0.0842. The Morgan fingerprint density at radius 2 is 1.59 bits per heavy atom. The second kappa shape index (κ2) is 9.95. The van der Waals surface area contributed by atoms with E-state index in [0.717, 1.165) is 5.92 Å². The van der Waals surface area contributed by atoms with Crippen LogP contribution in [0.1, 0.15) is 97.3 Å². The van der Waals surface area contributed by atoms with E-state index in [1.807, 2.05) is 0 Å². The summed E-state index contributed by atoms with van der Waals surface area (Å²) in [5.41, 5.74) is 0. The Morgan fingerprint density at radius 3 is 2.27 bits per heavy atom. The lowest BCUT2D eigenvalue weighted by Gasteiger charge is -2.25. The Morgan fingerprint density at radius 1 is 0.909 bits per heavy atom. The normalized spacial score (nSPS) is 23.0. The predicted octanol–water partition coefficient (Wildman–Crippen LogP) is 6.99. The van der Waals surface area contributed by atoms with Gasteiger partial charge in [0.05, 0.1) is 6.04 Å². The third kappa shape index (κ3) is 6.60. The van der Waals surface area contributed by atoms with Crippen molar-refractivity contribution in [3.63, 3.8) is 0 Å². The molecule has 2 nitrogen and oxygen atoms in total. The quantitative estimate of drug-likeness (QED) is 0.297. The first-order valence-electron chi connectivity index (χ1n) is 9.80. The van der Waals surface area contributed by atoms with E-state index < -0.39 is 0 Å². The van der Waals surface area contributed by atoms with Crippen molar-refractivity contribution >= 4 is 11.8 Å². The van der Waals surface area contributed by atoms with E-state index in [4.69, 9.17) is 10.2 Å². The highest BCUT2D eigenvalue weighted by atomic mass is 32.2. The molecular formula is C19H36N2S. The van der Waals surface area contributed by atoms with Crippen LogP contribution < -0.4 is 0 Å². The highest BCUT2D eigenvalue weighted by Gasteiger charge is 2.42. The summed E-state index contributed by atoms with van der Waals surface area (Å²) in [6.45, 7) is 4.63. The summed E-state index contributed by atoms with van der Waals surface area (Å²) in [6, 6.07) is 0.529. The molecule has 0 spiro atoms. The van der Waals surface area contributed by atoms with Gasteiger partial charge in [0.25, 0.3) is 0 Å². The van der Waals surface area contributed by atoms with Crippen molar-refractivity contribution in [3.8, 4) is 0 Å². The van der Waals surface area contributed by atoms with Crippen molar-refractivity contribution in [1.82, 2.24) is 0 Å². The molecule has 0 amide bonds. The summed E-state index contributed by atoms with van der Waals surface area (Å²) in [6.07, 6.45) is 17.7. The van der Waals surface area contributed by atoms with Crippen molar-refractivity contribution in [3.05, 3.63) is 0 Å². The third-order valence-corrected chi connectivity index (χ3v) is 6.71. The average molecular weight is 325 g/mol. The molecule has 0 aromatic carbocycles. The third-order valence-electron chi connectivity index (χ3n) is 5.22. The lowest BCUT2D eigenvalue weighted by atomic mass is 9.96. The number of thioether (sulfide) groups is 1. The van der Waals surface area contributed by atoms with Gasteiger partial charge in [-0.2, -0.15) is 10.2 Å². The summed E-state index contributed by atoms with van der Waals surface area (Å²) in [5, 5.41) is 9.64. The largest absolute Gasteiger partial charge is 0.189 e. The molecule has 0 radical (unpaired) electrons. The first-order valence-corrected chi connectivity index (χ1v) is 10.8. The van der Waals surface area contributed by atoms with Crippen LogP contribution in [0.4, 0.5) is 0 Å². The summed E-state index contributed by atoms with van der Waals surface area (Å²) in [4.78, 5) is 0.0842. The van der Waals surface area contributed by atoms with E-state index in [9.17, 15) is 0 Å². The Labute approximate surface area is 142 Å². The van der Waals surface area contributed by atoms with Gasteiger partial charge in [-0.1, -0.05) is 58.3 Å². The molecule has 1 atom stereocenters. The van der Waals surface area contributed by atoms with Crippen LogP contribution in [0.5, 0.6) is 0 Å². The van der Waals surface area contributed by atoms with Crippen molar-refractivity contribution in [2.75, 3.05) is 5.75 Å². The summed E-state index contributed by atoms with van der Waals surface area (Å²) in [5.74, 6) is 2.06. The Hall–Kier alpha value is -0.0500. The first-order chi connectivity index (χ1) is 10.7. The van der Waals surface area contributed by atoms with E-state index in [0.29, 0.717) is 6.04 Å². The number of unbranched alkanes of at least 4 members (excludes halogenated alkanes) is 5. The smallest absolute Gasteiger partial charge is 0.127 e. The van der Waals surface area contributed by atoms with Crippen molar-refractivity contribution in [2.24, 2.45) is 16.1 Å². The van der Waals surface area contributed by atoms with Crippen LogP contribution in [0.15, 0.2) is 10.2 Å². The number of nitrogens with zero attached hydrogens (tertiary/aromatic N) is 2. The molecule has 2 aliphatic rings. The maximum atomic E-state index is 4.88. The molecule has 128 valence electrons. The zero-order chi connectivity index (χ0) is 15.7. The molecule has 2 rings (SSSR count). The Bertz CT molecular complexity index is 321. The van der Waals surface area contributed by atoms with Gasteiger partial charge in [0.1, 0.15) is 4.87 Å². The molecule has 2 fully saturated rings. The van der Waals surface area contributed by atoms with Gasteiger partial charge in [-0.15, -0.1) is 11.8 Å². The molecule has 0 aliphatic heterocycles. The van der Waals surface area contributed by atoms with Gasteiger partial charge in [0.2, 0.25) is 0 Å². The SMILES string of the molecule is CCCCCCCCSC(C)(N=NC1CCCCC1)C1CC1. The van der Waals surface area contributed by atoms with Gasteiger partial charge >= 0.3 is 0 Å². The topological polar surface area (TPSA) is 24.7 Å². The van der Waals surface area contributed by atoms with E-state index >= 15 is 0 Å². The van der Waals surface area contributed by atoms with Gasteiger partial charge < -0.3 is 0 Å². The molecule has 2 saturated carbocycles. The molecule has 3 heteroatoms. The van der Waals surface area contributed by atoms with Crippen molar-refractivity contribution in [2.45, 2.75) is 108 Å². The monoisotopic (exact) mass is 324 g/mol. The zero-order valence-electron chi connectivity index (χ0n) is 14.9. The molecule has 0 bridgehead atoms. The van der Waals surface area contributed by atoms with E-state index in [-0.39, 0.29) is 4.87 Å². The second-order valence-corrected chi connectivity index (χ2v) is 8.98. The molecular weight excluding hydrogens is 288 g/mol. The zero-order valence-corrected chi connectivity index (χ0v) is 15.7. The summed E-state index contributed by atoms with van der Waals surface area (Å²) in [7, 11) is 0. The molecule has 1 unspecified atom stereocenters. The lowest BCUT2D eigenvalue weighted by molar-refractivity contribution is 0.413. The number of hydrogen-bond acceptors (Lipinski definition) is 3. The van der Waals surface area contributed by atoms with Crippen LogP contribution >= 0.6 is 11.8 Å². The molecule has 0 N–H and O–H groups in total. The summed E-state index contributed by atoms with van der Waals surface area (Å²) >= 11 is 2.09. The van der Waals surface area contributed by atoms with E-state index in [1.165, 1.54) is 89.2 Å². The number of rotatable bonds is 11. The van der Waals surface area contributed by atoms with Crippen LogP contribution in [0.3, 0.4) is 0 Å². The van der Waals surface area contributed by atoms with Crippen LogP contribution in [-0.4, -0.2) is 16.7 Å². The van der Waals surface area contributed by atoms with Gasteiger partial charge in [-0.3, -0.25) is 0 Å². The highest BCUT2D eigenvalue weighted by molar-refractivity contribution is 8.00. The molecule has 22 heavy (non-hydrogen) atoms. The second-order valence-electron chi connectivity index (χ2n) is 7.45. The first kappa shape index (κ1) is 18.3. The van der Waals surface area contributed by atoms with Gasteiger partial charge in [0, 0.05) is 0 Å². The predicted molar refractivity (Wildman–Crippen MR) is 98.7 cm³/mol. The van der Waals surface area contributed by atoms with Crippen LogP contribution in [0.2, 0.25) is 0 Å². The maximum absolute atomic E-state index is 4.88. The van der Waals surface area contributed by atoms with Crippen LogP contribution in [0, 0.1) is 5.92 Å². The molecule has 2 aliphatic carbocycles. The fourth-order valence-electron chi connectivity index (χ4n) is 3.40. The van der Waals surface area contributed by atoms with E-state index in [2.05, 4.69) is 25.6 Å². The standard InChI is InChI=1S/C19H36N2S/c1-3-4-5-6-7-11-16-22-19(2,17-14-15-17)21-20-18-12-9-8-10-13-18/h17-18H,3-16H2,1-2H3. The number of hydrogen-bond donors (Lipinski definition) is 0. The minimum atomic E-state index is 0.0842. The highest BCUT2D eigenvalue weighted by Crippen LogP contribution is 2.49. The van der Waals surface area contributed by atoms with Gasteiger partial charge in [-0.05, 0) is 50.7 Å². The fraction of sp³-hybridized carbons (Fsp3) is 1.00. The summed E-state index contributed by atoms with van der Waals surface area (Å²) < 4.78 is 0. The maximum Gasteiger partial charge on any atom is 0.127 e. The van der Waals surface area contributed by atoms with Gasteiger partial charge in [0.15, 0.2) is 0 Å². The Balaban J connectivity index is 1.67. The Kier molecular flexibility index (Phi) is 8.27. The van der Waals surface area contributed by atoms with Crippen LogP contribution in [0.25, 0.3) is 0 Å².